The molecular weight excluding hydrogens is 377 g/mol. The third-order valence-electron chi connectivity index (χ3n) is 3.35. The summed E-state index contributed by atoms with van der Waals surface area (Å²) < 4.78 is 19.4. The molecule has 1 amide bonds. The van der Waals surface area contributed by atoms with E-state index in [4.69, 9.17) is 16.3 Å². The van der Waals surface area contributed by atoms with Crippen molar-refractivity contribution in [2.45, 2.75) is 57.6 Å². The van der Waals surface area contributed by atoms with E-state index in [1.54, 1.807) is 0 Å². The van der Waals surface area contributed by atoms with E-state index in [1.807, 2.05) is 34.6 Å². The number of hydrogen-bond acceptors (Lipinski definition) is 4. The van der Waals surface area contributed by atoms with Crippen LogP contribution in [-0.2, 0) is 14.3 Å². The topological polar surface area (TPSA) is 55.4 Å². The summed E-state index contributed by atoms with van der Waals surface area (Å²) >= 11 is 7.34. The van der Waals surface area contributed by atoms with Crippen molar-refractivity contribution in [2.75, 3.05) is 11.9 Å². The lowest BCUT2D eigenvalue weighted by Gasteiger charge is -2.17. The first-order valence-corrected chi connectivity index (χ1v) is 10.0. The van der Waals surface area contributed by atoms with Gasteiger partial charge in [-0.15, -0.1) is 11.8 Å². The van der Waals surface area contributed by atoms with Gasteiger partial charge in [0.15, 0.2) is 0 Å². The molecule has 0 fully saturated rings. The third kappa shape index (κ3) is 7.54. The lowest BCUT2D eigenvalue weighted by Crippen LogP contribution is -2.21. The van der Waals surface area contributed by atoms with E-state index in [0.717, 1.165) is 6.07 Å². The molecule has 0 saturated heterocycles. The molecule has 1 atom stereocenters. The first-order valence-electron chi connectivity index (χ1n) is 8.76. The van der Waals surface area contributed by atoms with E-state index in [9.17, 15) is 14.0 Å². The van der Waals surface area contributed by atoms with Gasteiger partial charge in [0.05, 0.1) is 17.3 Å². The van der Waals surface area contributed by atoms with Crippen molar-refractivity contribution >= 4 is 40.9 Å². The second kappa shape index (κ2) is 10.8. The van der Waals surface area contributed by atoms with Gasteiger partial charge < -0.3 is 10.1 Å². The van der Waals surface area contributed by atoms with Crippen LogP contribution in [0.1, 0.15) is 47.5 Å². The fourth-order valence-electron chi connectivity index (χ4n) is 2.08. The molecule has 1 aromatic carbocycles. The molecule has 0 heterocycles. The number of ether oxygens (including phenoxy) is 1. The van der Waals surface area contributed by atoms with E-state index in [0.29, 0.717) is 24.3 Å². The normalized spacial score (nSPS) is 12.3. The number of rotatable bonds is 9. The highest BCUT2D eigenvalue weighted by Crippen LogP contribution is 2.36. The van der Waals surface area contributed by atoms with Gasteiger partial charge in [-0.05, 0) is 30.4 Å². The smallest absolute Gasteiger partial charge is 0.319 e. The molecule has 0 aliphatic heterocycles. The van der Waals surface area contributed by atoms with Crippen molar-refractivity contribution in [1.82, 2.24) is 0 Å². The zero-order chi connectivity index (χ0) is 19.9. The summed E-state index contributed by atoms with van der Waals surface area (Å²) in [4.78, 5) is 24.7. The second-order valence-electron chi connectivity index (χ2n) is 6.95. The standard InChI is InChI=1S/C19H27ClFNO3S/c1-6-16(19(24)25-10-12(4)5)26-17-9-15(14(21)8-13(17)20)22-18(23)7-11(2)3/h8-9,11-12,16H,6-7,10H2,1-5H3,(H,22,23). The molecule has 1 unspecified atom stereocenters. The summed E-state index contributed by atoms with van der Waals surface area (Å²) in [5.41, 5.74) is 0.0629. The van der Waals surface area contributed by atoms with Crippen LogP contribution in [0.5, 0.6) is 0 Å². The van der Waals surface area contributed by atoms with Gasteiger partial charge in [0.25, 0.3) is 0 Å². The molecule has 4 nitrogen and oxygen atoms in total. The number of hydrogen-bond donors (Lipinski definition) is 1. The van der Waals surface area contributed by atoms with Gasteiger partial charge in [0.1, 0.15) is 11.1 Å². The molecule has 0 bridgehead atoms. The Morgan fingerprint density at radius 1 is 1.23 bits per heavy atom. The molecular formula is C19H27ClFNO3S. The molecule has 0 saturated carbocycles. The fraction of sp³-hybridized carbons (Fsp3) is 0.579. The number of benzene rings is 1. The molecule has 1 N–H and O–H groups in total. The van der Waals surface area contributed by atoms with E-state index >= 15 is 0 Å². The lowest BCUT2D eigenvalue weighted by molar-refractivity contribution is -0.144. The monoisotopic (exact) mass is 403 g/mol. The van der Waals surface area contributed by atoms with Crippen LogP contribution in [-0.4, -0.2) is 23.7 Å². The first-order chi connectivity index (χ1) is 12.1. The maximum atomic E-state index is 14.1. The summed E-state index contributed by atoms with van der Waals surface area (Å²) in [6, 6.07) is 2.62. The van der Waals surface area contributed by atoms with Gasteiger partial charge in [0, 0.05) is 11.3 Å². The highest BCUT2D eigenvalue weighted by Gasteiger charge is 2.22. The Hall–Kier alpha value is -1.27. The lowest BCUT2D eigenvalue weighted by atomic mass is 10.1. The molecule has 1 rings (SSSR count). The number of carbonyl (C=O) groups is 2. The minimum atomic E-state index is -0.605. The molecule has 0 aromatic heterocycles. The number of amides is 1. The minimum absolute atomic E-state index is 0.0629. The van der Waals surface area contributed by atoms with Gasteiger partial charge >= 0.3 is 5.97 Å². The van der Waals surface area contributed by atoms with Crippen molar-refractivity contribution in [3.63, 3.8) is 0 Å². The first kappa shape index (κ1) is 22.8. The molecule has 146 valence electrons. The quantitative estimate of drug-likeness (QED) is 0.434. The molecule has 1 aromatic rings. The van der Waals surface area contributed by atoms with E-state index in [-0.39, 0.29) is 34.4 Å². The van der Waals surface area contributed by atoms with E-state index < -0.39 is 11.1 Å². The van der Waals surface area contributed by atoms with Crippen LogP contribution in [0.4, 0.5) is 10.1 Å². The minimum Gasteiger partial charge on any atom is -0.465 e. The Bertz CT molecular complexity index is 637. The van der Waals surface area contributed by atoms with Crippen molar-refractivity contribution in [1.29, 1.82) is 0 Å². The van der Waals surface area contributed by atoms with Crippen LogP contribution < -0.4 is 5.32 Å². The third-order valence-corrected chi connectivity index (χ3v) is 5.18. The van der Waals surface area contributed by atoms with Crippen LogP contribution in [0.15, 0.2) is 17.0 Å². The van der Waals surface area contributed by atoms with Crippen molar-refractivity contribution in [2.24, 2.45) is 11.8 Å². The van der Waals surface area contributed by atoms with E-state index in [2.05, 4.69) is 5.32 Å². The highest BCUT2D eigenvalue weighted by molar-refractivity contribution is 8.00. The molecule has 7 heteroatoms. The van der Waals surface area contributed by atoms with Crippen LogP contribution >= 0.6 is 23.4 Å². The van der Waals surface area contributed by atoms with E-state index in [1.165, 1.54) is 17.8 Å². The second-order valence-corrected chi connectivity index (χ2v) is 8.60. The number of esters is 1. The SMILES string of the molecule is CCC(Sc1cc(NC(=O)CC(C)C)c(F)cc1Cl)C(=O)OCC(C)C. The Kier molecular flexibility index (Phi) is 9.44. The maximum Gasteiger partial charge on any atom is 0.319 e. The molecule has 26 heavy (non-hydrogen) atoms. The maximum absolute atomic E-state index is 14.1. The highest BCUT2D eigenvalue weighted by atomic mass is 35.5. The summed E-state index contributed by atoms with van der Waals surface area (Å²) in [5.74, 6) is -0.775. The number of halogens is 2. The van der Waals surface area contributed by atoms with Crippen LogP contribution in [0.3, 0.4) is 0 Å². The van der Waals surface area contributed by atoms with Gasteiger partial charge in [-0.25, -0.2) is 4.39 Å². The average molecular weight is 404 g/mol. The molecule has 0 radical (unpaired) electrons. The van der Waals surface area contributed by atoms with Gasteiger partial charge in [-0.1, -0.05) is 46.2 Å². The van der Waals surface area contributed by atoms with Crippen molar-refractivity contribution < 1.29 is 18.7 Å². The number of thioether (sulfide) groups is 1. The Morgan fingerprint density at radius 2 is 1.88 bits per heavy atom. The largest absolute Gasteiger partial charge is 0.465 e. The Labute approximate surface area is 164 Å². The number of carbonyl (C=O) groups excluding carboxylic acids is 2. The fourth-order valence-corrected chi connectivity index (χ4v) is 3.36. The molecule has 0 aliphatic rings. The summed E-state index contributed by atoms with van der Waals surface area (Å²) in [6.07, 6.45) is 0.841. The molecule has 0 spiro atoms. The zero-order valence-electron chi connectivity index (χ0n) is 15.9. The number of nitrogens with one attached hydrogen (secondary N) is 1. The number of anilines is 1. The summed E-state index contributed by atoms with van der Waals surface area (Å²) in [6.45, 7) is 9.97. The predicted octanol–water partition coefficient (Wildman–Crippen LogP) is 5.53. The van der Waals surface area contributed by atoms with Gasteiger partial charge in [-0.2, -0.15) is 0 Å². The Morgan fingerprint density at radius 3 is 2.42 bits per heavy atom. The van der Waals surface area contributed by atoms with Gasteiger partial charge in [0.2, 0.25) is 5.91 Å². The van der Waals surface area contributed by atoms with Crippen molar-refractivity contribution in [3.8, 4) is 0 Å². The zero-order valence-corrected chi connectivity index (χ0v) is 17.5. The summed E-state index contributed by atoms with van der Waals surface area (Å²) in [5, 5.41) is 2.32. The average Bonchev–Trinajstić information content (AvgIpc) is 2.53. The molecule has 0 aliphatic carbocycles. The van der Waals surface area contributed by atoms with Crippen LogP contribution in [0.25, 0.3) is 0 Å². The van der Waals surface area contributed by atoms with Crippen molar-refractivity contribution in [3.05, 3.63) is 23.0 Å². The summed E-state index contributed by atoms with van der Waals surface area (Å²) in [7, 11) is 0. The van der Waals surface area contributed by atoms with Gasteiger partial charge in [-0.3, -0.25) is 9.59 Å². The van der Waals surface area contributed by atoms with Crippen LogP contribution in [0.2, 0.25) is 5.02 Å². The Balaban J connectivity index is 2.92. The predicted molar refractivity (Wildman–Crippen MR) is 105 cm³/mol. The van der Waals surface area contributed by atoms with Crippen LogP contribution in [0, 0.1) is 17.7 Å².